The number of rotatable bonds is 1. The van der Waals surface area contributed by atoms with Crippen LogP contribution < -0.4 is 4.90 Å². The second-order valence-corrected chi connectivity index (χ2v) is 5.39. The number of carbonyl (C=O) groups is 2. The molecule has 0 unspecified atom stereocenters. The van der Waals surface area contributed by atoms with E-state index in [-0.39, 0.29) is 11.8 Å². The van der Waals surface area contributed by atoms with E-state index in [2.05, 4.69) is 5.92 Å². The number of nitrogens with zero attached hydrogens (tertiary/aromatic N) is 1. The molecule has 1 saturated carbocycles. The van der Waals surface area contributed by atoms with Crippen molar-refractivity contribution in [1.82, 2.24) is 0 Å². The van der Waals surface area contributed by atoms with E-state index in [1.54, 1.807) is 24.3 Å². The maximum absolute atomic E-state index is 12.6. The molecule has 1 aromatic carbocycles. The van der Waals surface area contributed by atoms with Crippen molar-refractivity contribution in [2.75, 3.05) is 4.90 Å². The minimum Gasteiger partial charge on any atom is -0.274 e. The van der Waals surface area contributed by atoms with E-state index in [4.69, 9.17) is 6.42 Å². The summed E-state index contributed by atoms with van der Waals surface area (Å²) in [6.07, 6.45) is 9.47. The van der Waals surface area contributed by atoms with E-state index >= 15 is 0 Å². The number of anilines is 1. The Bertz CT molecular complexity index is 591. The van der Waals surface area contributed by atoms with Gasteiger partial charge in [-0.25, -0.2) is 0 Å². The van der Waals surface area contributed by atoms with Crippen LogP contribution in [-0.4, -0.2) is 11.8 Å². The van der Waals surface area contributed by atoms with Crippen LogP contribution in [0.25, 0.3) is 0 Å². The highest BCUT2D eigenvalue weighted by molar-refractivity contribution is 6.22. The minimum absolute atomic E-state index is 0.0378. The molecule has 96 valence electrons. The largest absolute Gasteiger partial charge is 0.274 e. The van der Waals surface area contributed by atoms with Gasteiger partial charge in [0.15, 0.2) is 0 Å². The fourth-order valence-electron chi connectivity index (χ4n) is 3.23. The van der Waals surface area contributed by atoms with Crippen molar-refractivity contribution in [3.8, 4) is 12.3 Å². The predicted octanol–water partition coefficient (Wildman–Crippen LogP) is 2.49. The summed E-state index contributed by atoms with van der Waals surface area (Å²) in [5.41, 5.74) is 0.864. The maximum Gasteiger partial charge on any atom is 0.240 e. The molecule has 3 rings (SSSR count). The van der Waals surface area contributed by atoms with Crippen molar-refractivity contribution < 1.29 is 9.59 Å². The monoisotopic (exact) mass is 253 g/mol. The van der Waals surface area contributed by atoms with Crippen molar-refractivity contribution in [3.63, 3.8) is 0 Å². The second kappa shape index (κ2) is 4.24. The fourth-order valence-corrected chi connectivity index (χ4v) is 3.23. The molecule has 3 nitrogen and oxygen atoms in total. The fraction of sp³-hybridized carbons (Fsp3) is 0.375. The summed E-state index contributed by atoms with van der Waals surface area (Å²) in [5, 5.41) is 0. The van der Waals surface area contributed by atoms with Gasteiger partial charge >= 0.3 is 0 Å². The highest BCUT2D eigenvalue weighted by Crippen LogP contribution is 2.47. The number of hydrogen-bond acceptors (Lipinski definition) is 2. The van der Waals surface area contributed by atoms with Gasteiger partial charge in [0.1, 0.15) is 0 Å². The minimum atomic E-state index is -0.427. The van der Waals surface area contributed by atoms with Crippen LogP contribution in [-0.2, 0) is 9.59 Å². The average Bonchev–Trinajstić information content (AvgIpc) is 2.97. The summed E-state index contributed by atoms with van der Waals surface area (Å²) < 4.78 is 0. The van der Waals surface area contributed by atoms with Crippen LogP contribution in [0.15, 0.2) is 24.3 Å². The Morgan fingerprint density at radius 3 is 2.63 bits per heavy atom. The number of terminal acetylenes is 1. The number of hydrogen-bond donors (Lipinski definition) is 0. The molecule has 2 aliphatic rings. The first-order valence-corrected chi connectivity index (χ1v) is 6.60. The van der Waals surface area contributed by atoms with Gasteiger partial charge in [0.05, 0.1) is 11.1 Å². The van der Waals surface area contributed by atoms with Gasteiger partial charge in [0.2, 0.25) is 11.8 Å². The molecule has 2 amide bonds. The molecule has 0 atom stereocenters. The lowest BCUT2D eigenvalue weighted by molar-refractivity contribution is -0.125. The normalized spacial score (nSPS) is 21.1. The van der Waals surface area contributed by atoms with E-state index in [1.165, 1.54) is 4.90 Å². The van der Waals surface area contributed by atoms with Crippen LogP contribution >= 0.6 is 0 Å². The zero-order valence-electron chi connectivity index (χ0n) is 10.7. The number of carbonyl (C=O) groups excluding carboxylic acids is 2. The lowest BCUT2D eigenvalue weighted by Crippen LogP contribution is -2.34. The molecule has 2 fully saturated rings. The highest BCUT2D eigenvalue weighted by Gasteiger charge is 2.53. The Morgan fingerprint density at radius 2 is 1.95 bits per heavy atom. The molecule has 1 aromatic rings. The van der Waals surface area contributed by atoms with Crippen LogP contribution in [0.4, 0.5) is 5.69 Å². The zero-order valence-corrected chi connectivity index (χ0v) is 10.7. The third kappa shape index (κ3) is 1.76. The SMILES string of the molecule is C#Cc1cccc(N2C(=O)CC3(CCCC3)C2=O)c1. The molecule has 1 saturated heterocycles. The van der Waals surface area contributed by atoms with Gasteiger partial charge in [-0.1, -0.05) is 24.8 Å². The Labute approximate surface area is 112 Å². The van der Waals surface area contributed by atoms with E-state index in [0.717, 1.165) is 25.7 Å². The van der Waals surface area contributed by atoms with Gasteiger partial charge in [0.25, 0.3) is 0 Å². The number of imide groups is 1. The van der Waals surface area contributed by atoms with Gasteiger partial charge in [0, 0.05) is 12.0 Å². The van der Waals surface area contributed by atoms with E-state index in [9.17, 15) is 9.59 Å². The summed E-state index contributed by atoms with van der Waals surface area (Å²) in [6.45, 7) is 0. The topological polar surface area (TPSA) is 37.4 Å². The lowest BCUT2D eigenvalue weighted by Gasteiger charge is -2.21. The molecule has 0 radical (unpaired) electrons. The third-order valence-corrected chi connectivity index (χ3v) is 4.23. The highest BCUT2D eigenvalue weighted by atomic mass is 16.2. The van der Waals surface area contributed by atoms with Crippen LogP contribution in [0, 0.1) is 17.8 Å². The average molecular weight is 253 g/mol. The maximum atomic E-state index is 12.6. The summed E-state index contributed by atoms with van der Waals surface area (Å²) in [6, 6.07) is 7.07. The van der Waals surface area contributed by atoms with Crippen molar-refractivity contribution in [2.24, 2.45) is 5.41 Å². The van der Waals surface area contributed by atoms with Crippen LogP contribution in [0.1, 0.15) is 37.7 Å². The molecule has 1 spiro atoms. The molecule has 0 aromatic heterocycles. The van der Waals surface area contributed by atoms with Gasteiger partial charge in [-0.2, -0.15) is 0 Å². The van der Waals surface area contributed by atoms with Gasteiger partial charge in [-0.3, -0.25) is 14.5 Å². The molecular formula is C16H15NO2. The lowest BCUT2D eigenvalue weighted by atomic mass is 9.84. The third-order valence-electron chi connectivity index (χ3n) is 4.23. The molecule has 0 N–H and O–H groups in total. The molecule has 1 aliphatic heterocycles. The van der Waals surface area contributed by atoms with Crippen molar-refractivity contribution in [1.29, 1.82) is 0 Å². The van der Waals surface area contributed by atoms with Crippen LogP contribution in [0.3, 0.4) is 0 Å². The van der Waals surface area contributed by atoms with Crippen molar-refractivity contribution >= 4 is 17.5 Å². The Hall–Kier alpha value is -2.08. The zero-order chi connectivity index (χ0) is 13.5. The Kier molecular flexibility index (Phi) is 2.67. The molecule has 0 bridgehead atoms. The first-order chi connectivity index (χ1) is 9.16. The predicted molar refractivity (Wildman–Crippen MR) is 72.4 cm³/mol. The van der Waals surface area contributed by atoms with Crippen LogP contribution in [0.5, 0.6) is 0 Å². The van der Waals surface area contributed by atoms with Crippen molar-refractivity contribution in [2.45, 2.75) is 32.1 Å². The van der Waals surface area contributed by atoms with E-state index in [1.807, 2.05) is 0 Å². The summed E-state index contributed by atoms with van der Waals surface area (Å²) >= 11 is 0. The van der Waals surface area contributed by atoms with Gasteiger partial charge < -0.3 is 0 Å². The number of benzene rings is 1. The number of amides is 2. The molecule has 1 heterocycles. The van der Waals surface area contributed by atoms with Crippen molar-refractivity contribution in [3.05, 3.63) is 29.8 Å². The molecule has 3 heteroatoms. The van der Waals surface area contributed by atoms with Gasteiger partial charge in [-0.15, -0.1) is 6.42 Å². The van der Waals surface area contributed by atoms with E-state index < -0.39 is 5.41 Å². The first-order valence-electron chi connectivity index (χ1n) is 6.60. The van der Waals surface area contributed by atoms with Gasteiger partial charge in [-0.05, 0) is 31.0 Å². The first kappa shape index (κ1) is 12.0. The second-order valence-electron chi connectivity index (χ2n) is 5.39. The molecule has 19 heavy (non-hydrogen) atoms. The summed E-state index contributed by atoms with van der Waals surface area (Å²) in [5.74, 6) is 2.40. The Balaban J connectivity index is 1.99. The standard InChI is InChI=1S/C16H15NO2/c1-2-12-6-5-7-13(10-12)17-14(18)11-16(15(17)19)8-3-4-9-16/h1,5-7,10H,3-4,8-9,11H2. The summed E-state index contributed by atoms with van der Waals surface area (Å²) in [7, 11) is 0. The molecular weight excluding hydrogens is 238 g/mol. The van der Waals surface area contributed by atoms with E-state index in [0.29, 0.717) is 17.7 Å². The van der Waals surface area contributed by atoms with Crippen LogP contribution in [0.2, 0.25) is 0 Å². The quantitative estimate of drug-likeness (QED) is 0.569. The smallest absolute Gasteiger partial charge is 0.240 e. The Morgan fingerprint density at radius 1 is 1.21 bits per heavy atom. The molecule has 1 aliphatic carbocycles. The summed E-state index contributed by atoms with van der Waals surface area (Å²) in [4.78, 5) is 26.1.